The van der Waals surface area contributed by atoms with Crippen molar-refractivity contribution in [3.63, 3.8) is 0 Å². The van der Waals surface area contributed by atoms with E-state index in [1.807, 2.05) is 6.07 Å². The molecule has 1 amide bonds. The van der Waals surface area contributed by atoms with Gasteiger partial charge in [0.2, 0.25) is 5.91 Å². The van der Waals surface area contributed by atoms with Crippen LogP contribution >= 0.6 is 0 Å². The Hall–Kier alpha value is -1.36. The topological polar surface area (TPSA) is 54.5 Å². The summed E-state index contributed by atoms with van der Waals surface area (Å²) in [6.07, 6.45) is 7.21. The molecule has 3 aliphatic rings. The van der Waals surface area contributed by atoms with Gasteiger partial charge >= 0.3 is 0 Å². The summed E-state index contributed by atoms with van der Waals surface area (Å²) < 4.78 is 23.4. The van der Waals surface area contributed by atoms with Crippen LogP contribution < -0.4 is 0 Å². The Morgan fingerprint density at radius 3 is 2.28 bits per heavy atom. The third-order valence-corrected chi connectivity index (χ3v) is 8.24. The molecule has 2 saturated heterocycles. The number of nitrogens with zero attached hydrogens (tertiary/aromatic N) is 1. The van der Waals surface area contributed by atoms with Crippen molar-refractivity contribution in [1.82, 2.24) is 4.90 Å². The van der Waals surface area contributed by atoms with Gasteiger partial charge < -0.3 is 4.90 Å². The summed E-state index contributed by atoms with van der Waals surface area (Å²) >= 11 is 0. The van der Waals surface area contributed by atoms with Crippen molar-refractivity contribution >= 4 is 15.7 Å². The molecule has 1 saturated carbocycles. The quantitative estimate of drug-likeness (QED) is 0.812. The molecule has 136 valence electrons. The second-order valence-electron chi connectivity index (χ2n) is 8.13. The Morgan fingerprint density at radius 2 is 1.64 bits per heavy atom. The molecule has 1 aromatic carbocycles. The zero-order valence-corrected chi connectivity index (χ0v) is 15.5. The summed E-state index contributed by atoms with van der Waals surface area (Å²) in [5.74, 6) is 0.396. The van der Waals surface area contributed by atoms with Gasteiger partial charge in [0.1, 0.15) is 9.84 Å². The lowest BCUT2D eigenvalue weighted by Crippen LogP contribution is -2.62. The van der Waals surface area contributed by atoms with E-state index in [4.69, 9.17) is 0 Å². The molecule has 2 heterocycles. The second-order valence-corrected chi connectivity index (χ2v) is 10.4. The standard InChI is InChI=1S/C20H27NO3S/c22-19(17-9-13-25(23,24)14-10-17)21-15-20(11-5-2-6-12-20)18(21)16-7-3-1-4-8-16/h1,3-4,7-8,17-18H,2,5-6,9-15H2/t18-/m0/s1. The Kier molecular flexibility index (Phi) is 4.38. The lowest BCUT2D eigenvalue weighted by atomic mass is 9.60. The normalized spacial score (nSPS) is 28.5. The molecule has 0 bridgehead atoms. The third-order valence-electron chi connectivity index (χ3n) is 6.53. The van der Waals surface area contributed by atoms with E-state index in [1.165, 1.54) is 37.7 Å². The number of hydrogen-bond acceptors (Lipinski definition) is 3. The molecule has 1 atom stereocenters. The van der Waals surface area contributed by atoms with Crippen molar-refractivity contribution < 1.29 is 13.2 Å². The number of likely N-dealkylation sites (tertiary alicyclic amines) is 1. The van der Waals surface area contributed by atoms with Gasteiger partial charge in [0, 0.05) is 17.9 Å². The molecule has 2 aliphatic heterocycles. The Morgan fingerprint density at radius 1 is 1.00 bits per heavy atom. The van der Waals surface area contributed by atoms with Crippen LogP contribution in [0, 0.1) is 11.3 Å². The molecular formula is C20H27NO3S. The predicted molar refractivity (Wildman–Crippen MR) is 97.8 cm³/mol. The molecule has 1 spiro atoms. The summed E-state index contributed by atoms with van der Waals surface area (Å²) in [5.41, 5.74) is 1.49. The summed E-state index contributed by atoms with van der Waals surface area (Å²) in [7, 11) is -2.93. The fourth-order valence-electron chi connectivity index (χ4n) is 5.17. The van der Waals surface area contributed by atoms with Gasteiger partial charge in [-0.3, -0.25) is 4.79 Å². The van der Waals surface area contributed by atoms with Crippen LogP contribution in [0.3, 0.4) is 0 Å². The zero-order valence-electron chi connectivity index (χ0n) is 14.7. The van der Waals surface area contributed by atoms with Gasteiger partial charge in [-0.15, -0.1) is 0 Å². The van der Waals surface area contributed by atoms with E-state index >= 15 is 0 Å². The number of sulfone groups is 1. The van der Waals surface area contributed by atoms with E-state index in [2.05, 4.69) is 29.2 Å². The fourth-order valence-corrected chi connectivity index (χ4v) is 6.66. The summed E-state index contributed by atoms with van der Waals surface area (Å²) in [5, 5.41) is 0. The largest absolute Gasteiger partial charge is 0.334 e. The van der Waals surface area contributed by atoms with Gasteiger partial charge in [-0.25, -0.2) is 8.42 Å². The summed E-state index contributed by atoms with van der Waals surface area (Å²) in [4.78, 5) is 15.2. The Bertz CT molecular complexity index is 723. The highest BCUT2D eigenvalue weighted by Crippen LogP contribution is 2.57. The first-order valence-electron chi connectivity index (χ1n) is 9.57. The molecule has 4 nitrogen and oxygen atoms in total. The lowest BCUT2D eigenvalue weighted by molar-refractivity contribution is -0.165. The molecule has 0 radical (unpaired) electrons. The molecule has 0 unspecified atom stereocenters. The van der Waals surface area contributed by atoms with Gasteiger partial charge in [-0.05, 0) is 31.2 Å². The molecule has 1 aliphatic carbocycles. The number of carbonyl (C=O) groups excluding carboxylic acids is 1. The van der Waals surface area contributed by atoms with Gasteiger partial charge in [0.15, 0.2) is 0 Å². The first kappa shape index (κ1) is 17.1. The van der Waals surface area contributed by atoms with Gasteiger partial charge in [-0.2, -0.15) is 0 Å². The van der Waals surface area contributed by atoms with Crippen molar-refractivity contribution in [3.05, 3.63) is 35.9 Å². The van der Waals surface area contributed by atoms with E-state index in [0.717, 1.165) is 6.54 Å². The maximum absolute atomic E-state index is 13.1. The highest BCUT2D eigenvalue weighted by Gasteiger charge is 2.55. The summed E-state index contributed by atoms with van der Waals surface area (Å²) in [6.45, 7) is 0.856. The fraction of sp³-hybridized carbons (Fsp3) is 0.650. The van der Waals surface area contributed by atoms with Crippen molar-refractivity contribution in [2.24, 2.45) is 11.3 Å². The third kappa shape index (κ3) is 3.12. The SMILES string of the molecule is O=C(C1CCS(=O)(=O)CC1)N1CC2(CCCCC2)[C@@H]1c1ccccc1. The Labute approximate surface area is 150 Å². The molecule has 0 N–H and O–H groups in total. The van der Waals surface area contributed by atoms with Crippen LogP contribution in [0.2, 0.25) is 0 Å². The number of benzene rings is 1. The van der Waals surface area contributed by atoms with E-state index in [-0.39, 0.29) is 34.8 Å². The second kappa shape index (κ2) is 6.42. The van der Waals surface area contributed by atoms with Gasteiger partial charge in [-0.1, -0.05) is 49.6 Å². The van der Waals surface area contributed by atoms with Crippen LogP contribution in [-0.2, 0) is 14.6 Å². The minimum atomic E-state index is -2.93. The lowest BCUT2D eigenvalue weighted by Gasteiger charge is -2.60. The van der Waals surface area contributed by atoms with Crippen LogP contribution in [0.1, 0.15) is 56.6 Å². The molecular weight excluding hydrogens is 334 g/mol. The average Bonchev–Trinajstić information content (AvgIpc) is 2.61. The van der Waals surface area contributed by atoms with E-state index < -0.39 is 9.84 Å². The van der Waals surface area contributed by atoms with E-state index in [9.17, 15) is 13.2 Å². The van der Waals surface area contributed by atoms with Crippen molar-refractivity contribution in [2.75, 3.05) is 18.1 Å². The van der Waals surface area contributed by atoms with Crippen LogP contribution in [0.5, 0.6) is 0 Å². The number of hydrogen-bond donors (Lipinski definition) is 0. The highest BCUT2D eigenvalue weighted by atomic mass is 32.2. The van der Waals surface area contributed by atoms with Crippen LogP contribution in [0.15, 0.2) is 30.3 Å². The van der Waals surface area contributed by atoms with Gasteiger partial charge in [0.05, 0.1) is 17.5 Å². The van der Waals surface area contributed by atoms with Crippen molar-refractivity contribution in [2.45, 2.75) is 51.0 Å². The van der Waals surface area contributed by atoms with Crippen LogP contribution in [0.4, 0.5) is 0 Å². The molecule has 0 aromatic heterocycles. The molecule has 1 aromatic rings. The smallest absolute Gasteiger partial charge is 0.226 e. The minimum Gasteiger partial charge on any atom is -0.334 e. The first-order chi connectivity index (χ1) is 12.0. The molecule has 5 heteroatoms. The van der Waals surface area contributed by atoms with Crippen LogP contribution in [-0.4, -0.2) is 37.3 Å². The predicted octanol–water partition coefficient (Wildman–Crippen LogP) is 3.35. The number of rotatable bonds is 2. The van der Waals surface area contributed by atoms with E-state index in [1.54, 1.807) is 0 Å². The minimum absolute atomic E-state index is 0.115. The Balaban J connectivity index is 1.56. The summed E-state index contributed by atoms with van der Waals surface area (Å²) in [6, 6.07) is 10.6. The molecule has 25 heavy (non-hydrogen) atoms. The number of amides is 1. The van der Waals surface area contributed by atoms with Crippen molar-refractivity contribution in [3.8, 4) is 0 Å². The molecule has 4 rings (SSSR count). The van der Waals surface area contributed by atoms with E-state index in [0.29, 0.717) is 12.8 Å². The zero-order chi connectivity index (χ0) is 17.5. The highest BCUT2D eigenvalue weighted by molar-refractivity contribution is 7.91. The van der Waals surface area contributed by atoms with Crippen LogP contribution in [0.25, 0.3) is 0 Å². The monoisotopic (exact) mass is 361 g/mol. The van der Waals surface area contributed by atoms with Gasteiger partial charge in [0.25, 0.3) is 0 Å². The first-order valence-corrected chi connectivity index (χ1v) is 11.4. The average molecular weight is 362 g/mol. The maximum Gasteiger partial charge on any atom is 0.226 e. The molecule has 3 fully saturated rings. The number of carbonyl (C=O) groups is 1. The maximum atomic E-state index is 13.1. The van der Waals surface area contributed by atoms with Crippen molar-refractivity contribution in [1.29, 1.82) is 0 Å².